The monoisotopic (exact) mass is 596 g/mol. The molecular formula is C29H36ClF3N4O4. The van der Waals surface area contributed by atoms with Gasteiger partial charge in [-0.1, -0.05) is 41.9 Å². The van der Waals surface area contributed by atoms with Crippen molar-refractivity contribution in [2.24, 2.45) is 0 Å². The Morgan fingerprint density at radius 3 is 2.37 bits per heavy atom. The van der Waals surface area contributed by atoms with Crippen molar-refractivity contribution in [2.45, 2.75) is 43.1 Å². The molecule has 8 nitrogen and oxygen atoms in total. The smallest absolute Gasteiger partial charge is 0.385 e. The van der Waals surface area contributed by atoms with Gasteiger partial charge in [0.1, 0.15) is 0 Å². The van der Waals surface area contributed by atoms with Gasteiger partial charge in [-0.15, -0.1) is 0 Å². The number of nitrogens with one attached hydrogen (secondary N) is 1. The lowest BCUT2D eigenvalue weighted by Crippen LogP contribution is -2.62. The average molecular weight is 597 g/mol. The molecular weight excluding hydrogens is 561 g/mol. The molecule has 2 amide bonds. The molecule has 2 aromatic rings. The maximum atomic E-state index is 13.9. The molecule has 0 radical (unpaired) electrons. The molecule has 2 saturated heterocycles. The molecule has 2 heterocycles. The summed E-state index contributed by atoms with van der Waals surface area (Å²) in [5.74, 6) is -1.49. The summed E-state index contributed by atoms with van der Waals surface area (Å²) in [5.41, 5.74) is -2.83. The molecule has 0 aromatic heterocycles. The Bertz CT molecular complexity index is 1200. The third-order valence-corrected chi connectivity index (χ3v) is 8.16. The van der Waals surface area contributed by atoms with E-state index in [1.807, 2.05) is 6.07 Å². The van der Waals surface area contributed by atoms with E-state index in [4.69, 9.17) is 16.3 Å². The Kier molecular flexibility index (Phi) is 9.84. The van der Waals surface area contributed by atoms with E-state index in [-0.39, 0.29) is 31.1 Å². The second-order valence-electron chi connectivity index (χ2n) is 10.7. The van der Waals surface area contributed by atoms with Gasteiger partial charge in [0, 0.05) is 70.8 Å². The van der Waals surface area contributed by atoms with Crippen molar-refractivity contribution >= 4 is 29.1 Å². The molecule has 0 unspecified atom stereocenters. The van der Waals surface area contributed by atoms with Crippen molar-refractivity contribution < 1.29 is 32.6 Å². The summed E-state index contributed by atoms with van der Waals surface area (Å²) in [6.45, 7) is 2.86. The predicted octanol–water partition coefficient (Wildman–Crippen LogP) is 3.99. The van der Waals surface area contributed by atoms with Gasteiger partial charge in [0.25, 0.3) is 17.4 Å². The largest absolute Gasteiger partial charge is 0.430 e. The second kappa shape index (κ2) is 13.0. The van der Waals surface area contributed by atoms with Crippen LogP contribution < -0.4 is 5.32 Å². The zero-order valence-corrected chi connectivity index (χ0v) is 23.9. The molecule has 0 saturated carbocycles. The SMILES string of the molecule is COCCCN(C)C(=O)c1ccc(NC2CN(C3CCN(C(=O)[C@](O)(c4ccccc4)C(F)(F)F)CC3)C2)cc1Cl. The lowest BCUT2D eigenvalue weighted by molar-refractivity contribution is -0.262. The number of hydrogen-bond donors (Lipinski definition) is 2. The number of carbonyl (C=O) groups excluding carboxylic acids is 2. The lowest BCUT2D eigenvalue weighted by atomic mass is 9.89. The Morgan fingerprint density at radius 1 is 1.12 bits per heavy atom. The quantitative estimate of drug-likeness (QED) is 0.404. The fourth-order valence-electron chi connectivity index (χ4n) is 5.42. The van der Waals surface area contributed by atoms with Crippen LogP contribution in [0.25, 0.3) is 0 Å². The minimum Gasteiger partial charge on any atom is -0.385 e. The molecule has 0 aliphatic carbocycles. The predicted molar refractivity (Wildman–Crippen MR) is 150 cm³/mol. The number of piperidine rings is 1. The number of amides is 2. The summed E-state index contributed by atoms with van der Waals surface area (Å²) < 4.78 is 46.8. The van der Waals surface area contributed by atoms with Crippen LogP contribution in [0.5, 0.6) is 0 Å². The molecule has 224 valence electrons. The molecule has 2 aliphatic rings. The van der Waals surface area contributed by atoms with Gasteiger partial charge in [-0.2, -0.15) is 13.2 Å². The Morgan fingerprint density at radius 2 is 1.78 bits per heavy atom. The highest BCUT2D eigenvalue weighted by molar-refractivity contribution is 6.34. The number of carbonyl (C=O) groups is 2. The van der Waals surface area contributed by atoms with Gasteiger partial charge < -0.3 is 25.0 Å². The maximum absolute atomic E-state index is 13.9. The van der Waals surface area contributed by atoms with Gasteiger partial charge in [-0.25, -0.2) is 0 Å². The van der Waals surface area contributed by atoms with E-state index < -0.39 is 23.2 Å². The zero-order valence-electron chi connectivity index (χ0n) is 23.2. The number of anilines is 1. The number of hydrogen-bond acceptors (Lipinski definition) is 6. The number of methoxy groups -OCH3 is 1. The summed E-state index contributed by atoms with van der Waals surface area (Å²) in [6, 6.07) is 12.0. The Hall–Kier alpha value is -2.86. The van der Waals surface area contributed by atoms with Crippen LogP contribution in [0.2, 0.25) is 5.02 Å². The third kappa shape index (κ3) is 6.80. The number of ether oxygens (including phenoxy) is 1. The Balaban J connectivity index is 1.27. The molecule has 1 atom stereocenters. The molecule has 2 aliphatic heterocycles. The van der Waals surface area contributed by atoms with E-state index in [0.717, 1.165) is 42.2 Å². The van der Waals surface area contributed by atoms with E-state index >= 15 is 0 Å². The van der Waals surface area contributed by atoms with E-state index in [1.165, 1.54) is 18.2 Å². The van der Waals surface area contributed by atoms with Crippen LogP contribution in [0.3, 0.4) is 0 Å². The number of benzene rings is 2. The number of alkyl halides is 3. The molecule has 4 rings (SSSR count). The van der Waals surface area contributed by atoms with Crippen LogP contribution in [-0.2, 0) is 15.1 Å². The maximum Gasteiger partial charge on any atom is 0.430 e. The van der Waals surface area contributed by atoms with E-state index in [2.05, 4.69) is 10.2 Å². The van der Waals surface area contributed by atoms with Crippen molar-refractivity contribution in [3.8, 4) is 0 Å². The molecule has 2 N–H and O–H groups in total. The number of halogens is 4. The summed E-state index contributed by atoms with van der Waals surface area (Å²) in [6.07, 6.45) is -3.39. The summed E-state index contributed by atoms with van der Waals surface area (Å²) in [7, 11) is 3.34. The third-order valence-electron chi connectivity index (χ3n) is 7.85. The van der Waals surface area contributed by atoms with Crippen molar-refractivity contribution in [1.29, 1.82) is 0 Å². The van der Waals surface area contributed by atoms with Crippen LogP contribution in [0.15, 0.2) is 48.5 Å². The highest BCUT2D eigenvalue weighted by Gasteiger charge is 2.62. The second-order valence-corrected chi connectivity index (χ2v) is 11.1. The number of aliphatic hydroxyl groups is 1. The minimum atomic E-state index is -5.15. The fourth-order valence-corrected chi connectivity index (χ4v) is 5.68. The van der Waals surface area contributed by atoms with Gasteiger partial charge in [-0.05, 0) is 37.5 Å². The molecule has 12 heteroatoms. The molecule has 2 aromatic carbocycles. The highest BCUT2D eigenvalue weighted by atomic mass is 35.5. The number of nitrogens with zero attached hydrogens (tertiary/aromatic N) is 3. The molecule has 0 bridgehead atoms. The van der Waals surface area contributed by atoms with Crippen LogP contribution in [0.4, 0.5) is 18.9 Å². The molecule has 41 heavy (non-hydrogen) atoms. The summed E-state index contributed by atoms with van der Waals surface area (Å²) >= 11 is 6.42. The summed E-state index contributed by atoms with van der Waals surface area (Å²) in [5, 5.41) is 14.4. The van der Waals surface area contributed by atoms with Crippen molar-refractivity contribution in [3.05, 3.63) is 64.7 Å². The normalized spacial score (nSPS) is 18.5. The number of rotatable bonds is 10. The molecule has 2 fully saturated rings. The zero-order chi connectivity index (χ0) is 29.8. The Labute approximate surface area is 243 Å². The summed E-state index contributed by atoms with van der Waals surface area (Å²) in [4.78, 5) is 30.6. The fraction of sp³-hybridized carbons (Fsp3) is 0.517. The van der Waals surface area contributed by atoms with Gasteiger partial charge in [0.05, 0.1) is 16.6 Å². The average Bonchev–Trinajstić information content (AvgIpc) is 2.93. The van der Waals surface area contributed by atoms with E-state index in [9.17, 15) is 27.9 Å². The van der Waals surface area contributed by atoms with Gasteiger partial charge >= 0.3 is 6.18 Å². The highest BCUT2D eigenvalue weighted by Crippen LogP contribution is 2.41. The first-order chi connectivity index (χ1) is 19.5. The van der Waals surface area contributed by atoms with Gasteiger partial charge in [0.15, 0.2) is 0 Å². The number of likely N-dealkylation sites (tertiary alicyclic amines) is 2. The van der Waals surface area contributed by atoms with Gasteiger partial charge in [0.2, 0.25) is 0 Å². The van der Waals surface area contributed by atoms with Crippen LogP contribution in [0.1, 0.15) is 35.2 Å². The first-order valence-corrected chi connectivity index (χ1v) is 14.0. The van der Waals surface area contributed by atoms with Crippen LogP contribution in [-0.4, -0.2) is 103 Å². The molecule has 0 spiro atoms. The van der Waals surface area contributed by atoms with Gasteiger partial charge in [-0.3, -0.25) is 14.5 Å². The lowest BCUT2D eigenvalue weighted by Gasteiger charge is -2.48. The van der Waals surface area contributed by atoms with E-state index in [0.29, 0.717) is 36.6 Å². The van der Waals surface area contributed by atoms with Crippen molar-refractivity contribution in [1.82, 2.24) is 14.7 Å². The first kappa shape index (κ1) is 31.1. The standard InChI is InChI=1S/C29H36ClF3N4O4/c1-35(13-6-16-41-2)26(38)24-10-9-21(17-25(24)30)34-22-18-37(19-22)23-11-14-36(15-12-23)27(39)28(40,29(31,32)33)20-7-4-3-5-8-20/h3-5,7-10,17,22-23,34,40H,6,11-16,18-19H2,1-2H3/t28-/m1/s1. The van der Waals surface area contributed by atoms with Crippen LogP contribution in [0, 0.1) is 0 Å². The first-order valence-electron chi connectivity index (χ1n) is 13.6. The van der Waals surface area contributed by atoms with E-state index in [1.54, 1.807) is 31.2 Å². The van der Waals surface area contributed by atoms with Crippen molar-refractivity contribution in [3.63, 3.8) is 0 Å². The van der Waals surface area contributed by atoms with Crippen LogP contribution >= 0.6 is 11.6 Å². The minimum absolute atomic E-state index is 0.130. The topological polar surface area (TPSA) is 85.4 Å². The van der Waals surface area contributed by atoms with Crippen molar-refractivity contribution in [2.75, 3.05) is 58.8 Å².